The average Bonchev–Trinajstić information content (AvgIpc) is 3.52. The third kappa shape index (κ3) is 5.95. The van der Waals surface area contributed by atoms with Crippen molar-refractivity contribution in [3.05, 3.63) is 94.1 Å². The molecule has 46 heavy (non-hydrogen) atoms. The molecule has 0 spiro atoms. The Hall–Kier alpha value is -3.34. The molecule has 5 heterocycles. The molecule has 3 aliphatic heterocycles. The minimum Gasteiger partial charge on any atom is -0.375 e. The van der Waals surface area contributed by atoms with Gasteiger partial charge in [0.1, 0.15) is 41.2 Å². The maximum absolute atomic E-state index is 14.1. The molecule has 240 valence electrons. The fraction of sp³-hybridized carbons (Fsp3) is 0.355. The summed E-state index contributed by atoms with van der Waals surface area (Å²) in [5.74, 6) is -4.42. The van der Waals surface area contributed by atoms with Crippen LogP contribution in [0.5, 0.6) is 0 Å². The van der Waals surface area contributed by atoms with Crippen LogP contribution in [0.2, 0.25) is 0 Å². The number of halogens is 4. The molecular formula is C31H27BrF3N5O5S. The number of benzene rings is 2. The summed E-state index contributed by atoms with van der Waals surface area (Å²) in [6, 6.07) is 12.3. The molecule has 4 aromatic rings. The summed E-state index contributed by atoms with van der Waals surface area (Å²) >= 11 is 4.75. The number of thioether (sulfide) groups is 1. The molecule has 10 nitrogen and oxygen atoms in total. The Morgan fingerprint density at radius 1 is 1.09 bits per heavy atom. The van der Waals surface area contributed by atoms with Crippen LogP contribution >= 0.6 is 27.7 Å². The van der Waals surface area contributed by atoms with E-state index in [-0.39, 0.29) is 23.8 Å². The third-order valence-corrected chi connectivity index (χ3v) is 9.77. The van der Waals surface area contributed by atoms with Crippen LogP contribution in [0.25, 0.3) is 11.3 Å². The van der Waals surface area contributed by atoms with E-state index in [1.165, 1.54) is 29.8 Å². The van der Waals surface area contributed by atoms with Gasteiger partial charge < -0.3 is 23.8 Å². The molecule has 7 rings (SSSR count). The molecule has 2 aromatic carbocycles. The van der Waals surface area contributed by atoms with Crippen molar-refractivity contribution >= 4 is 33.6 Å². The van der Waals surface area contributed by atoms with Crippen LogP contribution in [0.15, 0.2) is 70.3 Å². The van der Waals surface area contributed by atoms with E-state index < -0.39 is 53.5 Å². The van der Waals surface area contributed by atoms with Crippen molar-refractivity contribution in [2.24, 2.45) is 0 Å². The second-order valence-corrected chi connectivity index (χ2v) is 13.1. The zero-order valence-electron chi connectivity index (χ0n) is 24.3. The molecule has 3 unspecified atom stereocenters. The summed E-state index contributed by atoms with van der Waals surface area (Å²) in [6.45, 7) is 1.50. The van der Waals surface area contributed by atoms with Gasteiger partial charge in [-0.1, -0.05) is 47.3 Å². The highest BCUT2D eigenvalue weighted by Crippen LogP contribution is 2.45. The third-order valence-electron chi connectivity index (χ3n) is 8.16. The van der Waals surface area contributed by atoms with Crippen LogP contribution in [0.3, 0.4) is 0 Å². The number of rotatable bonds is 7. The van der Waals surface area contributed by atoms with E-state index >= 15 is 0 Å². The van der Waals surface area contributed by atoms with Gasteiger partial charge in [-0.2, -0.15) is 0 Å². The number of aromatic nitrogens is 4. The van der Waals surface area contributed by atoms with Crippen LogP contribution in [0.1, 0.15) is 34.8 Å². The van der Waals surface area contributed by atoms with E-state index in [0.29, 0.717) is 28.2 Å². The minimum absolute atomic E-state index is 0.00979. The standard InChI is InChI=1S/C31H27BrF3N5O5S/c1-42-28-26(40-14-21(37-38-40)17-10-19(33)24(35)20(34)11-17)27-22(15-43-30(45-27)16-6-3-2-4-7-16)44-31(28)46-23-12-18(32)13-36-25(23)29(41)39-8-5-9-39/h2-4,6-7,10-14,22,26-28,30-31H,5,8-9,15H2,1H3/t22?,26-,27-,28?,30?,31+/m0/s1. The zero-order chi connectivity index (χ0) is 31.9. The number of hydrogen-bond acceptors (Lipinski definition) is 9. The molecule has 0 saturated carbocycles. The quantitative estimate of drug-likeness (QED) is 0.228. The van der Waals surface area contributed by atoms with Gasteiger partial charge in [0, 0.05) is 46.9 Å². The molecule has 0 radical (unpaired) electrons. The number of nitrogens with zero attached hydrogens (tertiary/aromatic N) is 5. The van der Waals surface area contributed by atoms with Crippen molar-refractivity contribution in [2.45, 2.75) is 47.4 Å². The molecule has 3 saturated heterocycles. The number of carbonyl (C=O) groups is 1. The highest BCUT2D eigenvalue weighted by Gasteiger charge is 2.52. The second-order valence-electron chi connectivity index (χ2n) is 11.0. The predicted molar refractivity (Wildman–Crippen MR) is 162 cm³/mol. The summed E-state index contributed by atoms with van der Waals surface area (Å²) < 4.78 is 69.3. The van der Waals surface area contributed by atoms with Gasteiger partial charge in [-0.05, 0) is 40.5 Å². The van der Waals surface area contributed by atoms with Gasteiger partial charge in [-0.3, -0.25) is 4.79 Å². The molecule has 3 fully saturated rings. The normalized spacial score (nSPS) is 26.0. The van der Waals surface area contributed by atoms with Crippen molar-refractivity contribution in [1.82, 2.24) is 24.9 Å². The Bertz CT molecular complexity index is 1730. The molecule has 1 amide bonds. The second kappa shape index (κ2) is 13.0. The summed E-state index contributed by atoms with van der Waals surface area (Å²) in [7, 11) is 1.52. The Labute approximate surface area is 274 Å². The van der Waals surface area contributed by atoms with Gasteiger partial charge in [0.2, 0.25) is 0 Å². The van der Waals surface area contributed by atoms with E-state index in [2.05, 4.69) is 31.2 Å². The number of methoxy groups -OCH3 is 1. The lowest BCUT2D eigenvalue weighted by Crippen LogP contribution is -2.59. The number of likely N-dealkylation sites (tertiary alicyclic amines) is 1. The van der Waals surface area contributed by atoms with Crippen LogP contribution in [-0.2, 0) is 18.9 Å². The van der Waals surface area contributed by atoms with E-state index in [0.717, 1.165) is 24.1 Å². The maximum atomic E-state index is 14.1. The molecule has 0 aliphatic carbocycles. The first-order chi connectivity index (χ1) is 22.3. The number of hydrogen-bond donors (Lipinski definition) is 0. The fourth-order valence-corrected chi connectivity index (χ4v) is 7.50. The van der Waals surface area contributed by atoms with Crippen molar-refractivity contribution in [1.29, 1.82) is 0 Å². The highest BCUT2D eigenvalue weighted by molar-refractivity contribution is 9.10. The fourth-order valence-electron chi connectivity index (χ4n) is 5.72. The average molecular weight is 719 g/mol. The Kier molecular flexibility index (Phi) is 8.87. The van der Waals surface area contributed by atoms with E-state index in [1.807, 2.05) is 36.4 Å². The first-order valence-electron chi connectivity index (χ1n) is 14.5. The van der Waals surface area contributed by atoms with Crippen LogP contribution in [-0.4, -0.2) is 81.3 Å². The van der Waals surface area contributed by atoms with E-state index in [9.17, 15) is 18.0 Å². The summed E-state index contributed by atoms with van der Waals surface area (Å²) in [4.78, 5) is 20.0. The molecular weight excluding hydrogens is 691 g/mol. The Morgan fingerprint density at radius 3 is 2.54 bits per heavy atom. The molecule has 3 aliphatic rings. The monoisotopic (exact) mass is 717 g/mol. The van der Waals surface area contributed by atoms with E-state index in [4.69, 9.17) is 18.9 Å². The summed E-state index contributed by atoms with van der Waals surface area (Å²) in [5.41, 5.74) is 0.523. The zero-order valence-corrected chi connectivity index (χ0v) is 26.7. The van der Waals surface area contributed by atoms with Gasteiger partial charge in [-0.15, -0.1) is 5.10 Å². The number of pyridine rings is 1. The van der Waals surface area contributed by atoms with Crippen molar-refractivity contribution in [3.63, 3.8) is 0 Å². The van der Waals surface area contributed by atoms with Gasteiger partial charge in [0.25, 0.3) is 5.91 Å². The smallest absolute Gasteiger partial charge is 0.273 e. The summed E-state index contributed by atoms with van der Waals surface area (Å²) in [5, 5.41) is 8.46. The first kappa shape index (κ1) is 31.3. The molecule has 6 atom stereocenters. The molecule has 0 N–H and O–H groups in total. The Balaban J connectivity index is 1.25. The van der Waals surface area contributed by atoms with Crippen LogP contribution in [0, 0.1) is 17.5 Å². The van der Waals surface area contributed by atoms with Crippen molar-refractivity contribution < 1.29 is 36.9 Å². The minimum atomic E-state index is -1.57. The summed E-state index contributed by atoms with van der Waals surface area (Å²) in [6.07, 6.45) is 1.31. The number of carbonyl (C=O) groups excluding carboxylic acids is 1. The van der Waals surface area contributed by atoms with Crippen LogP contribution < -0.4 is 0 Å². The predicted octanol–water partition coefficient (Wildman–Crippen LogP) is 5.55. The lowest BCUT2D eigenvalue weighted by molar-refractivity contribution is -0.308. The maximum Gasteiger partial charge on any atom is 0.273 e. The lowest BCUT2D eigenvalue weighted by atomic mass is 9.95. The largest absolute Gasteiger partial charge is 0.375 e. The highest BCUT2D eigenvalue weighted by atomic mass is 79.9. The van der Waals surface area contributed by atoms with Crippen molar-refractivity contribution in [3.8, 4) is 11.3 Å². The Morgan fingerprint density at radius 2 is 1.85 bits per heavy atom. The van der Waals surface area contributed by atoms with Gasteiger partial charge in [0.15, 0.2) is 23.7 Å². The SMILES string of the molecule is COC1[C@@H](Sc2cc(Br)cnc2C(=O)N2CCC2)OC2COC(c3ccccc3)O[C@@H]2[C@@H]1n1cc(-c2cc(F)c(F)c(F)c2)nn1. The molecule has 2 aromatic heterocycles. The number of fused-ring (bicyclic) bond motifs is 1. The van der Waals surface area contributed by atoms with Gasteiger partial charge >= 0.3 is 0 Å². The van der Waals surface area contributed by atoms with Crippen molar-refractivity contribution in [2.75, 3.05) is 26.8 Å². The van der Waals surface area contributed by atoms with E-state index in [1.54, 1.807) is 11.1 Å². The van der Waals surface area contributed by atoms with Gasteiger partial charge in [-0.25, -0.2) is 22.8 Å². The lowest BCUT2D eigenvalue weighted by Gasteiger charge is -2.48. The molecule has 0 bridgehead atoms. The molecule has 15 heteroatoms. The van der Waals surface area contributed by atoms with Gasteiger partial charge in [0.05, 0.1) is 12.8 Å². The van der Waals surface area contributed by atoms with Crippen LogP contribution in [0.4, 0.5) is 13.2 Å². The number of amides is 1. The topological polar surface area (TPSA) is 101 Å². The number of ether oxygens (including phenoxy) is 4. The first-order valence-corrected chi connectivity index (χ1v) is 16.2.